The number of hydrogen-bond acceptors (Lipinski definition) is 3. The summed E-state index contributed by atoms with van der Waals surface area (Å²) in [7, 11) is 0. The summed E-state index contributed by atoms with van der Waals surface area (Å²) in [4.78, 5) is 32.8. The zero-order valence-electron chi connectivity index (χ0n) is 7.87. The Labute approximate surface area is 81.2 Å². The molecule has 1 aliphatic heterocycles. The molecule has 0 spiro atoms. The Balaban J connectivity index is 2.42. The van der Waals surface area contributed by atoms with Crippen LogP contribution in [0.1, 0.15) is 19.8 Å². The average molecular weight is 199 g/mol. The standard InChI is InChI=1S/C8H13N3O3/c1-4(7(9)13)10-8(14)5-2-3-6(12)11-5/h4-5H,2-3H2,1H3,(H2,9,13)(H,10,14)(H,11,12). The zero-order valence-corrected chi connectivity index (χ0v) is 7.87. The van der Waals surface area contributed by atoms with Crippen LogP contribution < -0.4 is 16.4 Å². The number of nitrogens with one attached hydrogen (secondary N) is 2. The van der Waals surface area contributed by atoms with Gasteiger partial charge in [0.1, 0.15) is 12.1 Å². The first-order valence-electron chi connectivity index (χ1n) is 4.39. The molecule has 2 atom stereocenters. The monoisotopic (exact) mass is 199 g/mol. The molecule has 0 saturated carbocycles. The minimum absolute atomic E-state index is 0.142. The van der Waals surface area contributed by atoms with Crippen molar-refractivity contribution < 1.29 is 14.4 Å². The molecule has 2 unspecified atom stereocenters. The van der Waals surface area contributed by atoms with E-state index in [1.165, 1.54) is 6.92 Å². The molecule has 0 aliphatic carbocycles. The normalized spacial score (nSPS) is 22.6. The molecule has 0 radical (unpaired) electrons. The second kappa shape index (κ2) is 4.08. The maximum atomic E-state index is 11.4. The molecule has 14 heavy (non-hydrogen) atoms. The number of carbonyl (C=O) groups excluding carboxylic acids is 3. The minimum Gasteiger partial charge on any atom is -0.368 e. The first-order chi connectivity index (χ1) is 6.50. The predicted molar refractivity (Wildman–Crippen MR) is 48.0 cm³/mol. The first-order valence-corrected chi connectivity index (χ1v) is 4.39. The van der Waals surface area contributed by atoms with Gasteiger partial charge in [-0.25, -0.2) is 0 Å². The van der Waals surface area contributed by atoms with Crippen LogP contribution in [0.4, 0.5) is 0 Å². The molecule has 1 aliphatic rings. The summed E-state index contributed by atoms with van der Waals surface area (Å²) in [5.74, 6) is -1.10. The van der Waals surface area contributed by atoms with Crippen LogP contribution in [-0.2, 0) is 14.4 Å². The summed E-state index contributed by atoms with van der Waals surface area (Å²) in [6.45, 7) is 1.50. The molecule has 0 aromatic carbocycles. The van der Waals surface area contributed by atoms with E-state index in [9.17, 15) is 14.4 Å². The van der Waals surface area contributed by atoms with Gasteiger partial charge in [-0.15, -0.1) is 0 Å². The fraction of sp³-hybridized carbons (Fsp3) is 0.625. The van der Waals surface area contributed by atoms with E-state index in [2.05, 4.69) is 10.6 Å². The van der Waals surface area contributed by atoms with E-state index >= 15 is 0 Å². The molecule has 6 nitrogen and oxygen atoms in total. The van der Waals surface area contributed by atoms with E-state index in [1.807, 2.05) is 0 Å². The smallest absolute Gasteiger partial charge is 0.243 e. The van der Waals surface area contributed by atoms with Gasteiger partial charge in [0.15, 0.2) is 0 Å². The fourth-order valence-electron chi connectivity index (χ4n) is 1.20. The lowest BCUT2D eigenvalue weighted by molar-refractivity contribution is -0.129. The number of primary amides is 1. The van der Waals surface area contributed by atoms with Gasteiger partial charge in [0.05, 0.1) is 0 Å². The van der Waals surface area contributed by atoms with Crippen molar-refractivity contribution in [1.29, 1.82) is 0 Å². The number of nitrogens with two attached hydrogens (primary N) is 1. The summed E-state index contributed by atoms with van der Waals surface area (Å²) in [6, 6.07) is -1.23. The van der Waals surface area contributed by atoms with Gasteiger partial charge < -0.3 is 16.4 Å². The Morgan fingerprint density at radius 3 is 2.71 bits per heavy atom. The predicted octanol–water partition coefficient (Wildman–Crippen LogP) is -1.74. The zero-order chi connectivity index (χ0) is 10.7. The van der Waals surface area contributed by atoms with Crippen molar-refractivity contribution in [3.05, 3.63) is 0 Å². The Morgan fingerprint density at radius 2 is 2.29 bits per heavy atom. The van der Waals surface area contributed by atoms with Crippen LogP contribution in [0.3, 0.4) is 0 Å². The molecule has 0 bridgehead atoms. The molecule has 6 heteroatoms. The van der Waals surface area contributed by atoms with Crippen LogP contribution in [0.2, 0.25) is 0 Å². The molecular formula is C8H13N3O3. The molecule has 4 N–H and O–H groups in total. The quantitative estimate of drug-likeness (QED) is 0.502. The summed E-state index contributed by atoms with van der Waals surface area (Å²) in [6.07, 6.45) is 0.819. The van der Waals surface area contributed by atoms with Crippen molar-refractivity contribution in [2.45, 2.75) is 31.8 Å². The SMILES string of the molecule is CC(NC(=O)C1CCC(=O)N1)C(N)=O. The van der Waals surface area contributed by atoms with Gasteiger partial charge in [-0.05, 0) is 13.3 Å². The van der Waals surface area contributed by atoms with Crippen LogP contribution in [0.25, 0.3) is 0 Å². The van der Waals surface area contributed by atoms with Crippen LogP contribution in [0.15, 0.2) is 0 Å². The number of hydrogen-bond donors (Lipinski definition) is 3. The lowest BCUT2D eigenvalue weighted by atomic mass is 10.2. The van der Waals surface area contributed by atoms with E-state index in [1.54, 1.807) is 0 Å². The molecule has 1 fully saturated rings. The van der Waals surface area contributed by atoms with Gasteiger partial charge >= 0.3 is 0 Å². The lowest BCUT2D eigenvalue weighted by Gasteiger charge is -2.14. The van der Waals surface area contributed by atoms with E-state index < -0.39 is 18.0 Å². The second-order valence-electron chi connectivity index (χ2n) is 3.29. The van der Waals surface area contributed by atoms with Crippen molar-refractivity contribution in [1.82, 2.24) is 10.6 Å². The molecular weight excluding hydrogens is 186 g/mol. The molecule has 0 aromatic rings. The van der Waals surface area contributed by atoms with E-state index in [4.69, 9.17) is 5.73 Å². The van der Waals surface area contributed by atoms with E-state index in [-0.39, 0.29) is 11.8 Å². The Bertz CT molecular complexity index is 277. The van der Waals surface area contributed by atoms with Crippen molar-refractivity contribution in [3.63, 3.8) is 0 Å². The lowest BCUT2D eigenvalue weighted by Crippen LogP contribution is -2.49. The van der Waals surface area contributed by atoms with Gasteiger partial charge in [0, 0.05) is 6.42 Å². The molecule has 0 aromatic heterocycles. The van der Waals surface area contributed by atoms with Crippen LogP contribution >= 0.6 is 0 Å². The van der Waals surface area contributed by atoms with E-state index in [0.29, 0.717) is 12.8 Å². The van der Waals surface area contributed by atoms with Gasteiger partial charge in [0.25, 0.3) is 0 Å². The van der Waals surface area contributed by atoms with Crippen molar-refractivity contribution in [2.24, 2.45) is 5.73 Å². The largest absolute Gasteiger partial charge is 0.368 e. The third-order valence-corrected chi connectivity index (χ3v) is 2.10. The second-order valence-corrected chi connectivity index (χ2v) is 3.29. The summed E-state index contributed by atoms with van der Waals surface area (Å²) >= 11 is 0. The van der Waals surface area contributed by atoms with Crippen LogP contribution in [-0.4, -0.2) is 29.8 Å². The Hall–Kier alpha value is -1.59. The highest BCUT2D eigenvalue weighted by Gasteiger charge is 2.28. The number of rotatable bonds is 3. The van der Waals surface area contributed by atoms with Crippen molar-refractivity contribution in [3.8, 4) is 0 Å². The number of amides is 3. The van der Waals surface area contributed by atoms with Crippen LogP contribution in [0.5, 0.6) is 0 Å². The third kappa shape index (κ3) is 2.45. The maximum Gasteiger partial charge on any atom is 0.243 e. The minimum atomic E-state index is -0.708. The highest BCUT2D eigenvalue weighted by atomic mass is 16.2. The van der Waals surface area contributed by atoms with Crippen molar-refractivity contribution in [2.75, 3.05) is 0 Å². The molecule has 78 valence electrons. The molecule has 1 saturated heterocycles. The highest BCUT2D eigenvalue weighted by Crippen LogP contribution is 2.06. The van der Waals surface area contributed by atoms with Crippen LogP contribution in [0, 0.1) is 0 Å². The molecule has 1 rings (SSSR count). The number of carbonyl (C=O) groups is 3. The Morgan fingerprint density at radius 1 is 1.64 bits per heavy atom. The first kappa shape index (κ1) is 10.5. The van der Waals surface area contributed by atoms with Gasteiger partial charge in [0.2, 0.25) is 17.7 Å². The topological polar surface area (TPSA) is 101 Å². The fourth-order valence-corrected chi connectivity index (χ4v) is 1.20. The molecule has 1 heterocycles. The van der Waals surface area contributed by atoms with E-state index in [0.717, 1.165) is 0 Å². The third-order valence-electron chi connectivity index (χ3n) is 2.10. The van der Waals surface area contributed by atoms with Gasteiger partial charge in [-0.3, -0.25) is 14.4 Å². The summed E-state index contributed by atoms with van der Waals surface area (Å²) in [5.41, 5.74) is 4.97. The maximum absolute atomic E-state index is 11.4. The van der Waals surface area contributed by atoms with Crippen molar-refractivity contribution >= 4 is 17.7 Å². The summed E-state index contributed by atoms with van der Waals surface area (Å²) in [5, 5.41) is 4.91. The van der Waals surface area contributed by atoms with Gasteiger partial charge in [-0.1, -0.05) is 0 Å². The highest BCUT2D eigenvalue weighted by molar-refractivity contribution is 5.93. The van der Waals surface area contributed by atoms with Gasteiger partial charge in [-0.2, -0.15) is 0 Å². The summed E-state index contributed by atoms with van der Waals surface area (Å²) < 4.78 is 0. The average Bonchev–Trinajstić information content (AvgIpc) is 2.51. The Kier molecular flexibility index (Phi) is 3.06. The molecule has 3 amide bonds.